The van der Waals surface area contributed by atoms with Crippen LogP contribution in [-0.2, 0) is 13.6 Å². The Balaban J connectivity index is 4.06. The van der Waals surface area contributed by atoms with E-state index in [1.165, 1.54) is 0 Å². The zero-order valence-electron chi connectivity index (χ0n) is 11.4. The van der Waals surface area contributed by atoms with E-state index in [2.05, 4.69) is 5.09 Å². The number of hydrogen-bond donors (Lipinski definition) is 2. The van der Waals surface area contributed by atoms with Gasteiger partial charge in [-0.15, -0.1) is 0 Å². The molecule has 0 heterocycles. The largest absolute Gasteiger partial charge is 0.406 e. The molecule has 0 aliphatic rings. The summed E-state index contributed by atoms with van der Waals surface area (Å²) >= 11 is 0. The molecule has 0 aromatic carbocycles. The van der Waals surface area contributed by atoms with Gasteiger partial charge in [0.2, 0.25) is 0 Å². The van der Waals surface area contributed by atoms with E-state index in [-0.39, 0.29) is 12.2 Å². The summed E-state index contributed by atoms with van der Waals surface area (Å²) in [5, 5.41) is 2.89. The van der Waals surface area contributed by atoms with Gasteiger partial charge in [-0.3, -0.25) is 9.05 Å². The van der Waals surface area contributed by atoms with Crippen LogP contribution in [-0.4, -0.2) is 25.3 Å². The smallest absolute Gasteiger partial charge is 0.330 e. The molecule has 17 heavy (non-hydrogen) atoms. The summed E-state index contributed by atoms with van der Waals surface area (Å²) in [6.45, 7) is 8.68. The van der Waals surface area contributed by atoms with Gasteiger partial charge in [-0.1, -0.05) is 6.42 Å². The summed E-state index contributed by atoms with van der Waals surface area (Å²) in [4.78, 5) is 0. The van der Waals surface area contributed by atoms with E-state index in [0.29, 0.717) is 13.1 Å². The number of rotatable bonds is 10. The molecule has 0 rings (SSSR count). The zero-order valence-corrected chi connectivity index (χ0v) is 12.3. The van der Waals surface area contributed by atoms with E-state index >= 15 is 0 Å². The molecule has 3 N–H and O–H groups in total. The van der Waals surface area contributed by atoms with E-state index < -0.39 is 7.75 Å². The van der Waals surface area contributed by atoms with Crippen LogP contribution >= 0.6 is 7.75 Å². The summed E-state index contributed by atoms with van der Waals surface area (Å²) < 4.78 is 23.0. The molecule has 0 amide bonds. The van der Waals surface area contributed by atoms with Crippen LogP contribution in [0, 0.1) is 0 Å². The molecule has 0 spiro atoms. The number of hydrogen-bond acceptors (Lipinski definition) is 4. The van der Waals surface area contributed by atoms with Gasteiger partial charge in [0.05, 0.1) is 12.2 Å². The Morgan fingerprint density at radius 1 is 1.06 bits per heavy atom. The second-order valence-corrected chi connectivity index (χ2v) is 6.30. The molecule has 0 aliphatic carbocycles. The highest BCUT2D eigenvalue weighted by Gasteiger charge is 2.26. The van der Waals surface area contributed by atoms with Gasteiger partial charge in [0, 0.05) is 6.54 Å². The monoisotopic (exact) mass is 266 g/mol. The minimum absolute atomic E-state index is 0.129. The van der Waals surface area contributed by atoms with Crippen molar-refractivity contribution in [3.05, 3.63) is 0 Å². The van der Waals surface area contributed by atoms with Crippen LogP contribution in [0.3, 0.4) is 0 Å². The van der Waals surface area contributed by atoms with Crippen molar-refractivity contribution in [2.75, 3.05) is 13.1 Å². The third kappa shape index (κ3) is 9.74. The van der Waals surface area contributed by atoms with E-state index in [9.17, 15) is 4.57 Å². The van der Waals surface area contributed by atoms with Crippen LogP contribution in [0.4, 0.5) is 0 Å². The van der Waals surface area contributed by atoms with Gasteiger partial charge in [0.15, 0.2) is 0 Å². The molecule has 0 radical (unpaired) electrons. The lowest BCUT2D eigenvalue weighted by Gasteiger charge is -2.23. The van der Waals surface area contributed by atoms with Crippen LogP contribution < -0.4 is 10.8 Å². The summed E-state index contributed by atoms with van der Waals surface area (Å²) in [5.74, 6) is 0. The molecule has 0 unspecified atom stereocenters. The fourth-order valence-corrected chi connectivity index (χ4v) is 3.06. The van der Waals surface area contributed by atoms with Gasteiger partial charge in [0.25, 0.3) is 0 Å². The minimum Gasteiger partial charge on any atom is -0.330 e. The van der Waals surface area contributed by atoms with Crippen molar-refractivity contribution < 1.29 is 13.6 Å². The first-order valence-electron chi connectivity index (χ1n) is 6.31. The predicted molar refractivity (Wildman–Crippen MR) is 71.0 cm³/mol. The summed E-state index contributed by atoms with van der Waals surface area (Å²) in [5.41, 5.74) is 5.40. The summed E-state index contributed by atoms with van der Waals surface area (Å²) in [7, 11) is -3.16. The molecule has 0 aromatic heterocycles. The minimum atomic E-state index is -3.16. The molecular weight excluding hydrogens is 239 g/mol. The average Bonchev–Trinajstić information content (AvgIpc) is 2.14. The first-order valence-corrected chi connectivity index (χ1v) is 7.86. The Morgan fingerprint density at radius 3 is 2.00 bits per heavy atom. The second kappa shape index (κ2) is 9.06. The summed E-state index contributed by atoms with van der Waals surface area (Å²) in [6.07, 6.45) is 2.67. The standard InChI is InChI=1S/C11H27N2O3P/c1-10(2)15-17(14,16-11(3)4)13-9-7-5-6-8-12/h10-11H,5-9,12H2,1-4H3,(H,13,14). The lowest BCUT2D eigenvalue weighted by atomic mass is 10.2. The van der Waals surface area contributed by atoms with Crippen LogP contribution in [0.15, 0.2) is 0 Å². The zero-order chi connectivity index (χ0) is 13.3. The average molecular weight is 266 g/mol. The van der Waals surface area contributed by atoms with E-state index in [1.807, 2.05) is 27.7 Å². The fraction of sp³-hybridized carbons (Fsp3) is 1.00. The van der Waals surface area contributed by atoms with Gasteiger partial charge in [-0.2, -0.15) is 0 Å². The van der Waals surface area contributed by atoms with Crippen molar-refractivity contribution >= 4 is 7.75 Å². The highest BCUT2D eigenvalue weighted by Crippen LogP contribution is 2.46. The molecule has 0 saturated heterocycles. The van der Waals surface area contributed by atoms with Crippen LogP contribution in [0.5, 0.6) is 0 Å². The van der Waals surface area contributed by atoms with E-state index in [0.717, 1.165) is 19.3 Å². The lowest BCUT2D eigenvalue weighted by molar-refractivity contribution is 0.135. The molecule has 0 bridgehead atoms. The third-order valence-corrected chi connectivity index (χ3v) is 3.89. The van der Waals surface area contributed by atoms with Gasteiger partial charge in [-0.25, -0.2) is 9.65 Å². The Morgan fingerprint density at radius 2 is 1.59 bits per heavy atom. The normalized spacial score (nSPS) is 12.6. The van der Waals surface area contributed by atoms with Gasteiger partial charge < -0.3 is 5.73 Å². The van der Waals surface area contributed by atoms with E-state index in [1.54, 1.807) is 0 Å². The fourth-order valence-electron chi connectivity index (χ4n) is 1.32. The maximum atomic E-state index is 12.3. The molecular formula is C11H27N2O3P. The Bertz CT molecular complexity index is 221. The topological polar surface area (TPSA) is 73.6 Å². The predicted octanol–water partition coefficient (Wildman–Crippen LogP) is 2.66. The van der Waals surface area contributed by atoms with Crippen molar-refractivity contribution in [3.8, 4) is 0 Å². The first kappa shape index (κ1) is 17.1. The SMILES string of the molecule is CC(C)OP(=O)(NCCCCCN)OC(C)C. The molecule has 0 fully saturated rings. The molecule has 5 nitrogen and oxygen atoms in total. The third-order valence-electron chi connectivity index (χ3n) is 1.89. The maximum absolute atomic E-state index is 12.3. The van der Waals surface area contributed by atoms with Crippen LogP contribution in [0.1, 0.15) is 47.0 Å². The summed E-state index contributed by atoms with van der Waals surface area (Å²) in [6, 6.07) is 0. The quantitative estimate of drug-likeness (QED) is 0.470. The second-order valence-electron chi connectivity index (χ2n) is 4.56. The Labute approximate surface area is 105 Å². The first-order chi connectivity index (χ1) is 7.89. The number of nitrogens with two attached hydrogens (primary N) is 1. The molecule has 0 atom stereocenters. The van der Waals surface area contributed by atoms with Gasteiger partial charge in [-0.05, 0) is 47.1 Å². The van der Waals surface area contributed by atoms with Crippen molar-refractivity contribution in [3.63, 3.8) is 0 Å². The highest BCUT2D eigenvalue weighted by molar-refractivity contribution is 7.51. The van der Waals surface area contributed by atoms with Crippen molar-refractivity contribution in [1.82, 2.24) is 5.09 Å². The Kier molecular flexibility index (Phi) is 9.10. The molecule has 0 aliphatic heterocycles. The van der Waals surface area contributed by atoms with Crippen LogP contribution in [0.25, 0.3) is 0 Å². The van der Waals surface area contributed by atoms with Crippen molar-refractivity contribution in [2.24, 2.45) is 5.73 Å². The number of nitrogens with one attached hydrogen (secondary N) is 1. The van der Waals surface area contributed by atoms with Gasteiger partial charge in [0.1, 0.15) is 0 Å². The van der Waals surface area contributed by atoms with Crippen LogP contribution in [0.2, 0.25) is 0 Å². The molecule has 0 saturated carbocycles. The highest BCUT2D eigenvalue weighted by atomic mass is 31.2. The molecule has 104 valence electrons. The number of unbranched alkanes of at least 4 members (excludes halogenated alkanes) is 2. The molecule has 6 heteroatoms. The lowest BCUT2D eigenvalue weighted by Crippen LogP contribution is -2.20. The Hall–Kier alpha value is 0.0700. The van der Waals surface area contributed by atoms with Crippen molar-refractivity contribution in [2.45, 2.75) is 59.2 Å². The maximum Gasteiger partial charge on any atom is 0.406 e. The van der Waals surface area contributed by atoms with Crippen molar-refractivity contribution in [1.29, 1.82) is 0 Å². The molecule has 0 aromatic rings. The van der Waals surface area contributed by atoms with E-state index in [4.69, 9.17) is 14.8 Å². The van der Waals surface area contributed by atoms with Gasteiger partial charge >= 0.3 is 7.75 Å².